The van der Waals surface area contributed by atoms with Crippen LogP contribution in [0.1, 0.15) is 6.42 Å². The Bertz CT molecular complexity index is 545. The van der Waals surface area contributed by atoms with Crippen molar-refractivity contribution in [3.05, 3.63) is 24.3 Å². The van der Waals surface area contributed by atoms with Crippen LogP contribution in [0.5, 0.6) is 5.75 Å². The second-order valence-corrected chi connectivity index (χ2v) is 6.94. The highest BCUT2D eigenvalue weighted by molar-refractivity contribution is 7.89. The third-order valence-corrected chi connectivity index (χ3v) is 5.57. The second-order valence-electron chi connectivity index (χ2n) is 5.00. The minimum Gasteiger partial charge on any atom is -0.497 e. The van der Waals surface area contributed by atoms with Gasteiger partial charge in [0.15, 0.2) is 0 Å². The Labute approximate surface area is 126 Å². The number of hydrogen-bond acceptors (Lipinski definition) is 5. The number of β-amino-alcohol motifs (C(OH)–C–C–N with tert-alkyl or cyclic N) is 1. The van der Waals surface area contributed by atoms with E-state index in [4.69, 9.17) is 9.84 Å². The molecule has 1 heterocycles. The molecule has 1 aliphatic heterocycles. The molecule has 0 aliphatic carbocycles. The van der Waals surface area contributed by atoms with Crippen LogP contribution in [0.15, 0.2) is 29.2 Å². The van der Waals surface area contributed by atoms with Gasteiger partial charge < -0.3 is 9.84 Å². The van der Waals surface area contributed by atoms with Crippen molar-refractivity contribution < 1.29 is 18.3 Å². The molecule has 0 atom stereocenters. The molecule has 1 fully saturated rings. The van der Waals surface area contributed by atoms with E-state index in [9.17, 15) is 8.42 Å². The van der Waals surface area contributed by atoms with Crippen LogP contribution in [0.25, 0.3) is 0 Å². The summed E-state index contributed by atoms with van der Waals surface area (Å²) in [4.78, 5) is 2.38. The monoisotopic (exact) mass is 314 g/mol. The van der Waals surface area contributed by atoms with E-state index in [1.165, 1.54) is 4.31 Å². The standard InChI is InChI=1S/C14H22N2O4S/c1-20-13-3-5-14(6-4-13)21(18,19)16-8-2-7-15(9-10-16)11-12-17/h3-6,17H,2,7-12H2,1H3. The van der Waals surface area contributed by atoms with Crippen molar-refractivity contribution in [1.82, 2.24) is 9.21 Å². The van der Waals surface area contributed by atoms with Crippen molar-refractivity contribution in [2.24, 2.45) is 0 Å². The van der Waals surface area contributed by atoms with Gasteiger partial charge in [0.1, 0.15) is 5.75 Å². The average Bonchev–Trinajstić information content (AvgIpc) is 2.74. The second kappa shape index (κ2) is 7.22. The van der Waals surface area contributed by atoms with Gasteiger partial charge in [0.05, 0.1) is 18.6 Å². The first-order chi connectivity index (χ1) is 10.1. The van der Waals surface area contributed by atoms with E-state index in [0.29, 0.717) is 36.8 Å². The molecule has 0 saturated carbocycles. The summed E-state index contributed by atoms with van der Waals surface area (Å²) in [6, 6.07) is 6.46. The Balaban J connectivity index is 2.11. The maximum atomic E-state index is 12.6. The summed E-state index contributed by atoms with van der Waals surface area (Å²) < 4.78 is 31.8. The molecule has 6 nitrogen and oxygen atoms in total. The lowest BCUT2D eigenvalue weighted by Gasteiger charge is -2.21. The van der Waals surface area contributed by atoms with E-state index in [1.54, 1.807) is 31.4 Å². The quantitative estimate of drug-likeness (QED) is 0.851. The number of aliphatic hydroxyl groups is 1. The van der Waals surface area contributed by atoms with Crippen molar-refractivity contribution in [2.75, 3.05) is 46.4 Å². The highest BCUT2D eigenvalue weighted by Gasteiger charge is 2.26. The molecule has 0 unspecified atom stereocenters. The SMILES string of the molecule is COc1ccc(S(=O)(=O)N2CCCN(CCO)CC2)cc1. The Hall–Kier alpha value is -1.15. The fourth-order valence-electron chi connectivity index (χ4n) is 2.45. The molecule has 0 bridgehead atoms. The Morgan fingerprint density at radius 2 is 1.86 bits per heavy atom. The largest absolute Gasteiger partial charge is 0.497 e. The van der Waals surface area contributed by atoms with Crippen LogP contribution in [0, 0.1) is 0 Å². The highest BCUT2D eigenvalue weighted by atomic mass is 32.2. The van der Waals surface area contributed by atoms with Crippen LogP contribution in [0.2, 0.25) is 0 Å². The first kappa shape index (κ1) is 16.2. The summed E-state index contributed by atoms with van der Waals surface area (Å²) in [5.74, 6) is 0.638. The lowest BCUT2D eigenvalue weighted by Crippen LogP contribution is -2.35. The maximum Gasteiger partial charge on any atom is 0.243 e. The summed E-state index contributed by atoms with van der Waals surface area (Å²) >= 11 is 0. The minimum absolute atomic E-state index is 0.102. The van der Waals surface area contributed by atoms with Gasteiger partial charge in [-0.15, -0.1) is 0 Å². The van der Waals surface area contributed by atoms with E-state index in [0.717, 1.165) is 13.0 Å². The van der Waals surface area contributed by atoms with Crippen LogP contribution in [0.4, 0.5) is 0 Å². The first-order valence-corrected chi connectivity index (χ1v) is 8.49. The van der Waals surface area contributed by atoms with Gasteiger partial charge >= 0.3 is 0 Å². The van der Waals surface area contributed by atoms with Crippen molar-refractivity contribution in [2.45, 2.75) is 11.3 Å². The van der Waals surface area contributed by atoms with Crippen LogP contribution in [-0.2, 0) is 10.0 Å². The molecule has 1 aliphatic rings. The maximum absolute atomic E-state index is 12.6. The van der Waals surface area contributed by atoms with Gasteiger partial charge in [-0.2, -0.15) is 4.31 Å². The van der Waals surface area contributed by atoms with E-state index in [-0.39, 0.29) is 6.61 Å². The Kier molecular flexibility index (Phi) is 5.58. The van der Waals surface area contributed by atoms with Crippen LogP contribution >= 0.6 is 0 Å². The smallest absolute Gasteiger partial charge is 0.243 e. The molecule has 0 radical (unpaired) electrons. The topological polar surface area (TPSA) is 70.1 Å². The number of hydrogen-bond donors (Lipinski definition) is 1. The molecule has 1 saturated heterocycles. The predicted octanol–water partition coefficient (Wildman–Crippen LogP) is 0.384. The highest BCUT2D eigenvalue weighted by Crippen LogP contribution is 2.20. The van der Waals surface area contributed by atoms with E-state index in [2.05, 4.69) is 4.90 Å². The fraction of sp³-hybridized carbons (Fsp3) is 0.571. The van der Waals surface area contributed by atoms with Gasteiger partial charge in [-0.25, -0.2) is 8.42 Å². The van der Waals surface area contributed by atoms with E-state index in [1.807, 2.05) is 0 Å². The van der Waals surface area contributed by atoms with E-state index < -0.39 is 10.0 Å². The predicted molar refractivity (Wildman–Crippen MR) is 79.9 cm³/mol. The molecule has 21 heavy (non-hydrogen) atoms. The third-order valence-electron chi connectivity index (χ3n) is 3.66. The zero-order valence-electron chi connectivity index (χ0n) is 12.2. The number of ether oxygens (including phenoxy) is 1. The van der Waals surface area contributed by atoms with Crippen LogP contribution < -0.4 is 4.74 Å². The molecule has 1 N–H and O–H groups in total. The molecular weight excluding hydrogens is 292 g/mol. The summed E-state index contributed by atoms with van der Waals surface area (Å²) in [5.41, 5.74) is 0. The van der Waals surface area contributed by atoms with Gasteiger partial charge in [-0.1, -0.05) is 0 Å². The van der Waals surface area contributed by atoms with Crippen molar-refractivity contribution in [3.8, 4) is 5.75 Å². The van der Waals surface area contributed by atoms with E-state index >= 15 is 0 Å². The van der Waals surface area contributed by atoms with Gasteiger partial charge in [0, 0.05) is 26.2 Å². The van der Waals surface area contributed by atoms with Crippen molar-refractivity contribution in [3.63, 3.8) is 0 Å². The number of sulfonamides is 1. The lowest BCUT2D eigenvalue weighted by molar-refractivity contribution is 0.202. The van der Waals surface area contributed by atoms with Crippen molar-refractivity contribution >= 4 is 10.0 Å². The summed E-state index contributed by atoms with van der Waals surface area (Å²) in [7, 11) is -1.91. The normalized spacial score (nSPS) is 18.4. The molecule has 7 heteroatoms. The third kappa shape index (κ3) is 3.94. The molecule has 0 aromatic heterocycles. The van der Waals surface area contributed by atoms with Gasteiger partial charge in [0.25, 0.3) is 0 Å². The van der Waals surface area contributed by atoms with Gasteiger partial charge in [-0.3, -0.25) is 4.90 Å². The number of benzene rings is 1. The van der Waals surface area contributed by atoms with Gasteiger partial charge in [0.2, 0.25) is 10.0 Å². The fourth-order valence-corrected chi connectivity index (χ4v) is 3.92. The minimum atomic E-state index is -3.46. The zero-order chi connectivity index (χ0) is 15.3. The summed E-state index contributed by atoms with van der Waals surface area (Å²) in [5, 5.41) is 8.98. The molecule has 1 aromatic carbocycles. The number of nitrogens with zero attached hydrogens (tertiary/aromatic N) is 2. The molecule has 0 spiro atoms. The number of aliphatic hydroxyl groups excluding tert-OH is 1. The first-order valence-electron chi connectivity index (χ1n) is 7.05. The van der Waals surface area contributed by atoms with Crippen LogP contribution in [0.3, 0.4) is 0 Å². The Morgan fingerprint density at radius 3 is 2.48 bits per heavy atom. The molecule has 1 aromatic rings. The molecular formula is C14H22N2O4S. The Morgan fingerprint density at radius 1 is 1.14 bits per heavy atom. The van der Waals surface area contributed by atoms with Gasteiger partial charge in [-0.05, 0) is 37.2 Å². The van der Waals surface area contributed by atoms with Crippen molar-refractivity contribution in [1.29, 1.82) is 0 Å². The average molecular weight is 314 g/mol. The number of rotatable bonds is 5. The zero-order valence-corrected chi connectivity index (χ0v) is 13.1. The summed E-state index contributed by atoms with van der Waals surface area (Å²) in [6.07, 6.45) is 0.773. The summed E-state index contributed by atoms with van der Waals surface area (Å²) in [6.45, 7) is 3.12. The van der Waals surface area contributed by atoms with Crippen LogP contribution in [-0.4, -0.2) is 69.2 Å². The molecule has 118 valence electrons. The lowest BCUT2D eigenvalue weighted by atomic mass is 10.3. The molecule has 0 amide bonds. The number of methoxy groups -OCH3 is 1. The molecule has 2 rings (SSSR count).